The number of benzene rings is 1. The summed E-state index contributed by atoms with van der Waals surface area (Å²) in [7, 11) is 1.75. The van der Waals surface area contributed by atoms with E-state index in [1.54, 1.807) is 13.2 Å². The molecule has 0 fully saturated rings. The lowest BCUT2D eigenvalue weighted by atomic mass is 10.1. The number of hydrogen-bond donors (Lipinski definition) is 2. The zero-order chi connectivity index (χ0) is 20.2. The molecule has 0 bridgehead atoms. The Morgan fingerprint density at radius 2 is 1.90 bits per heavy atom. The second-order valence-corrected chi connectivity index (χ2v) is 6.79. The molecule has 0 spiro atoms. The van der Waals surface area contributed by atoms with E-state index < -0.39 is 0 Å². The molecule has 1 aromatic carbocycles. The Kier molecular flexibility index (Phi) is 5.29. The summed E-state index contributed by atoms with van der Waals surface area (Å²) in [6.07, 6.45) is 5.53. The number of para-hydroxylation sites is 1. The van der Waals surface area contributed by atoms with Gasteiger partial charge in [0.25, 0.3) is 0 Å². The number of fused-ring (bicyclic) bond motifs is 1. The van der Waals surface area contributed by atoms with Crippen LogP contribution in [0.1, 0.15) is 22.7 Å². The van der Waals surface area contributed by atoms with E-state index in [0.717, 1.165) is 39.5 Å². The highest BCUT2D eigenvalue weighted by atomic mass is 16.3. The first-order valence-electron chi connectivity index (χ1n) is 9.52. The molecular formula is C22H24N6O. The number of rotatable bonds is 5. The van der Waals surface area contributed by atoms with Crippen molar-refractivity contribution in [3.63, 3.8) is 0 Å². The molecule has 0 saturated carbocycles. The molecule has 4 rings (SSSR count). The Morgan fingerprint density at radius 1 is 1.07 bits per heavy atom. The highest BCUT2D eigenvalue weighted by Crippen LogP contribution is 2.24. The quantitative estimate of drug-likeness (QED) is 0.404. The van der Waals surface area contributed by atoms with Crippen molar-refractivity contribution in [3.8, 4) is 5.82 Å². The molecule has 7 nitrogen and oxygen atoms in total. The fourth-order valence-corrected chi connectivity index (χ4v) is 3.25. The minimum Gasteiger partial charge on any atom is -0.459 e. The Balaban J connectivity index is 1.36. The molecule has 29 heavy (non-hydrogen) atoms. The maximum absolute atomic E-state index is 5.95. The molecule has 0 aliphatic carbocycles. The SMILES string of the molecule is CN=C(NCc1ccc(-n2ccnc2C)nc1)NCc1oc2ccccc2c1C. The van der Waals surface area contributed by atoms with E-state index in [4.69, 9.17) is 4.42 Å². The average molecular weight is 388 g/mol. The fourth-order valence-electron chi connectivity index (χ4n) is 3.25. The molecule has 3 aromatic heterocycles. The molecule has 2 N–H and O–H groups in total. The van der Waals surface area contributed by atoms with Crippen LogP contribution in [0, 0.1) is 13.8 Å². The van der Waals surface area contributed by atoms with Crippen molar-refractivity contribution >= 4 is 16.9 Å². The summed E-state index contributed by atoms with van der Waals surface area (Å²) in [4.78, 5) is 13.0. The van der Waals surface area contributed by atoms with Crippen LogP contribution in [0.4, 0.5) is 0 Å². The first-order chi connectivity index (χ1) is 14.2. The Hall–Kier alpha value is -3.61. The lowest BCUT2D eigenvalue weighted by Crippen LogP contribution is -2.36. The van der Waals surface area contributed by atoms with Crippen LogP contribution in [0.3, 0.4) is 0 Å². The van der Waals surface area contributed by atoms with Gasteiger partial charge in [0.15, 0.2) is 5.96 Å². The van der Waals surface area contributed by atoms with Crippen molar-refractivity contribution in [2.45, 2.75) is 26.9 Å². The Morgan fingerprint density at radius 3 is 2.59 bits per heavy atom. The summed E-state index contributed by atoms with van der Waals surface area (Å²) in [5.41, 5.74) is 3.12. The number of aromatic nitrogens is 3. The van der Waals surface area contributed by atoms with Gasteiger partial charge in [-0.05, 0) is 31.5 Å². The predicted octanol–water partition coefficient (Wildman–Crippen LogP) is 3.50. The van der Waals surface area contributed by atoms with E-state index in [-0.39, 0.29) is 0 Å². The van der Waals surface area contributed by atoms with Gasteiger partial charge in [-0.15, -0.1) is 0 Å². The molecule has 0 radical (unpaired) electrons. The van der Waals surface area contributed by atoms with Crippen LogP contribution in [0.2, 0.25) is 0 Å². The van der Waals surface area contributed by atoms with Crippen LogP contribution in [0.5, 0.6) is 0 Å². The second-order valence-electron chi connectivity index (χ2n) is 6.79. The molecule has 3 heterocycles. The number of hydrogen-bond acceptors (Lipinski definition) is 4. The van der Waals surface area contributed by atoms with Gasteiger partial charge in [-0.25, -0.2) is 9.97 Å². The summed E-state index contributed by atoms with van der Waals surface area (Å²) in [6, 6.07) is 12.1. The van der Waals surface area contributed by atoms with Gasteiger partial charge in [0.2, 0.25) is 0 Å². The largest absolute Gasteiger partial charge is 0.459 e. The van der Waals surface area contributed by atoms with E-state index in [1.165, 1.54) is 0 Å². The molecule has 7 heteroatoms. The summed E-state index contributed by atoms with van der Waals surface area (Å²) in [5, 5.41) is 7.77. The zero-order valence-electron chi connectivity index (χ0n) is 16.8. The number of aryl methyl sites for hydroxylation is 2. The summed E-state index contributed by atoms with van der Waals surface area (Å²) >= 11 is 0. The van der Waals surface area contributed by atoms with Crippen LogP contribution in [0.15, 0.2) is 64.4 Å². The number of imidazole rings is 1. The highest BCUT2D eigenvalue weighted by molar-refractivity contribution is 5.82. The lowest BCUT2D eigenvalue weighted by molar-refractivity contribution is 0.534. The minimum absolute atomic E-state index is 0.567. The lowest BCUT2D eigenvalue weighted by Gasteiger charge is -2.12. The smallest absolute Gasteiger partial charge is 0.191 e. The van der Waals surface area contributed by atoms with E-state index >= 15 is 0 Å². The van der Waals surface area contributed by atoms with Crippen molar-refractivity contribution in [2.24, 2.45) is 4.99 Å². The molecule has 0 amide bonds. The standard InChI is InChI=1S/C22H24N6O/c1-15-18-6-4-5-7-19(18)29-20(15)14-27-22(23-3)26-13-17-8-9-21(25-12-17)28-11-10-24-16(28)2/h4-12H,13-14H2,1-3H3,(H2,23,26,27). The van der Waals surface area contributed by atoms with Crippen LogP contribution in [0.25, 0.3) is 16.8 Å². The number of furan rings is 1. The predicted molar refractivity (Wildman–Crippen MR) is 114 cm³/mol. The second kappa shape index (κ2) is 8.18. The Labute approximate surface area is 169 Å². The van der Waals surface area contributed by atoms with Crippen LogP contribution >= 0.6 is 0 Å². The molecule has 0 aliphatic heterocycles. The number of nitrogens with one attached hydrogen (secondary N) is 2. The molecule has 148 valence electrons. The van der Waals surface area contributed by atoms with E-state index in [2.05, 4.69) is 38.6 Å². The first-order valence-corrected chi connectivity index (χ1v) is 9.52. The van der Waals surface area contributed by atoms with Gasteiger partial charge in [0.05, 0.1) is 6.54 Å². The van der Waals surface area contributed by atoms with Gasteiger partial charge in [-0.2, -0.15) is 0 Å². The van der Waals surface area contributed by atoms with Crippen molar-refractivity contribution in [1.82, 2.24) is 25.2 Å². The molecule has 4 aromatic rings. The monoisotopic (exact) mass is 388 g/mol. The van der Waals surface area contributed by atoms with E-state index in [0.29, 0.717) is 19.0 Å². The zero-order valence-corrected chi connectivity index (χ0v) is 16.8. The minimum atomic E-state index is 0.567. The number of guanidine groups is 1. The van der Waals surface area contributed by atoms with Crippen LogP contribution in [-0.4, -0.2) is 27.5 Å². The van der Waals surface area contributed by atoms with E-state index in [9.17, 15) is 0 Å². The normalized spacial score (nSPS) is 11.8. The van der Waals surface area contributed by atoms with E-state index in [1.807, 2.05) is 54.2 Å². The van der Waals surface area contributed by atoms with Gasteiger partial charge in [0.1, 0.15) is 23.0 Å². The summed E-state index contributed by atoms with van der Waals surface area (Å²) in [5.74, 6) is 3.38. The maximum atomic E-state index is 5.95. The third-order valence-corrected chi connectivity index (χ3v) is 4.92. The maximum Gasteiger partial charge on any atom is 0.191 e. The number of nitrogens with zero attached hydrogens (tertiary/aromatic N) is 4. The van der Waals surface area contributed by atoms with Gasteiger partial charge in [-0.1, -0.05) is 24.3 Å². The summed E-state index contributed by atoms with van der Waals surface area (Å²) in [6.45, 7) is 5.22. The fraction of sp³-hybridized carbons (Fsp3) is 0.227. The average Bonchev–Trinajstić information content (AvgIpc) is 3.32. The highest BCUT2D eigenvalue weighted by Gasteiger charge is 2.10. The van der Waals surface area contributed by atoms with Crippen LogP contribution in [-0.2, 0) is 13.1 Å². The molecule has 0 unspecified atom stereocenters. The van der Waals surface area contributed by atoms with Gasteiger partial charge in [0, 0.05) is 43.1 Å². The first kappa shape index (κ1) is 18.7. The van der Waals surface area contributed by atoms with Crippen molar-refractivity contribution in [2.75, 3.05) is 7.05 Å². The van der Waals surface area contributed by atoms with Crippen molar-refractivity contribution in [3.05, 3.63) is 77.7 Å². The Bertz CT molecular complexity index is 1140. The van der Waals surface area contributed by atoms with Gasteiger partial charge in [-0.3, -0.25) is 9.56 Å². The van der Waals surface area contributed by atoms with Gasteiger partial charge < -0.3 is 15.1 Å². The molecule has 0 atom stereocenters. The van der Waals surface area contributed by atoms with Crippen molar-refractivity contribution in [1.29, 1.82) is 0 Å². The molecule has 0 aliphatic rings. The van der Waals surface area contributed by atoms with Crippen LogP contribution < -0.4 is 10.6 Å². The molecule has 0 saturated heterocycles. The van der Waals surface area contributed by atoms with Crippen molar-refractivity contribution < 1.29 is 4.42 Å². The summed E-state index contributed by atoms with van der Waals surface area (Å²) < 4.78 is 7.90. The molecular weight excluding hydrogens is 364 g/mol. The third kappa shape index (κ3) is 3.99. The third-order valence-electron chi connectivity index (χ3n) is 4.92. The number of pyridine rings is 1. The topological polar surface area (TPSA) is 80.3 Å². The van der Waals surface area contributed by atoms with Gasteiger partial charge >= 0.3 is 0 Å². The number of aliphatic imine (C=N–C) groups is 1.